The number of phenolic OH excluding ortho intramolecular Hbond substituents is 1. The molecule has 0 radical (unpaired) electrons. The largest absolute Gasteiger partial charge is 0.505 e. The predicted octanol–water partition coefficient (Wildman–Crippen LogP) is 1.86. The first-order chi connectivity index (χ1) is 6.06. The molecule has 0 aliphatic carbocycles. The highest BCUT2D eigenvalue weighted by Gasteiger charge is 2.12. The van der Waals surface area contributed by atoms with Crippen molar-refractivity contribution in [3.05, 3.63) is 42.0 Å². The van der Waals surface area contributed by atoms with Crippen LogP contribution in [0.2, 0.25) is 0 Å². The van der Waals surface area contributed by atoms with Gasteiger partial charge in [-0.2, -0.15) is 0 Å². The summed E-state index contributed by atoms with van der Waals surface area (Å²) in [6, 6.07) is 0.778. The molecule has 0 aliphatic heterocycles. The number of rotatable bonds is 2. The summed E-state index contributed by atoms with van der Waals surface area (Å²) in [5.74, 6) is -2.36. The van der Waals surface area contributed by atoms with Crippen LogP contribution >= 0.6 is 0 Å². The molecule has 4 heteroatoms. The van der Waals surface area contributed by atoms with Crippen molar-refractivity contribution in [3.8, 4) is 5.75 Å². The first-order valence-corrected chi connectivity index (χ1v) is 3.62. The van der Waals surface area contributed by atoms with E-state index in [0.29, 0.717) is 6.07 Å². The molecule has 2 nitrogen and oxygen atoms in total. The second-order valence-corrected chi connectivity index (χ2v) is 2.59. The minimum Gasteiger partial charge on any atom is -0.505 e. The Balaban J connectivity index is 3.22. The van der Waals surface area contributed by atoms with Crippen molar-refractivity contribution in [1.82, 2.24) is 0 Å². The zero-order valence-electron chi connectivity index (χ0n) is 6.80. The second kappa shape index (κ2) is 3.53. The van der Waals surface area contributed by atoms with Crippen molar-refractivity contribution in [1.29, 1.82) is 0 Å². The zero-order chi connectivity index (χ0) is 10.0. The van der Waals surface area contributed by atoms with Gasteiger partial charge in [-0.25, -0.2) is 8.78 Å². The van der Waals surface area contributed by atoms with Gasteiger partial charge < -0.3 is 10.8 Å². The average Bonchev–Trinajstić information content (AvgIpc) is 2.10. The lowest BCUT2D eigenvalue weighted by atomic mass is 10.1. The Bertz CT molecular complexity index is 339. The molecule has 3 N–H and O–H groups in total. The van der Waals surface area contributed by atoms with E-state index in [1.807, 2.05) is 0 Å². The first-order valence-electron chi connectivity index (χ1n) is 3.62. The number of hydrogen-bond acceptors (Lipinski definition) is 2. The van der Waals surface area contributed by atoms with Crippen LogP contribution in [0, 0.1) is 11.6 Å². The van der Waals surface area contributed by atoms with Crippen LogP contribution in [0.25, 0.3) is 0 Å². The van der Waals surface area contributed by atoms with E-state index in [1.165, 1.54) is 6.08 Å². The van der Waals surface area contributed by atoms with E-state index in [9.17, 15) is 8.78 Å². The molecule has 70 valence electrons. The third-order valence-electron chi connectivity index (χ3n) is 1.68. The Morgan fingerprint density at radius 1 is 1.38 bits per heavy atom. The summed E-state index contributed by atoms with van der Waals surface area (Å²) in [6.07, 6.45) is 1.29. The first kappa shape index (κ1) is 9.67. The van der Waals surface area contributed by atoms with Crippen LogP contribution in [-0.2, 0) is 0 Å². The Kier molecular flexibility index (Phi) is 2.63. The monoisotopic (exact) mass is 185 g/mol. The number of aromatic hydroxyl groups is 1. The van der Waals surface area contributed by atoms with Crippen LogP contribution in [0.3, 0.4) is 0 Å². The summed E-state index contributed by atoms with van der Waals surface area (Å²) >= 11 is 0. The number of nitrogens with two attached hydrogens (primary N) is 1. The Morgan fingerprint density at radius 2 is 2.00 bits per heavy atom. The molecular formula is C9H9F2NO. The van der Waals surface area contributed by atoms with Gasteiger partial charge in [-0.1, -0.05) is 6.08 Å². The fourth-order valence-corrected chi connectivity index (χ4v) is 0.934. The van der Waals surface area contributed by atoms with E-state index in [0.717, 1.165) is 6.07 Å². The van der Waals surface area contributed by atoms with Gasteiger partial charge in [-0.15, -0.1) is 6.58 Å². The summed E-state index contributed by atoms with van der Waals surface area (Å²) in [6.45, 7) is 3.35. The SMILES string of the molecule is C=C[C@@H](N)c1cc(F)c(O)cc1F. The summed E-state index contributed by atoms with van der Waals surface area (Å²) in [5, 5.41) is 8.80. The van der Waals surface area contributed by atoms with E-state index >= 15 is 0 Å². The van der Waals surface area contributed by atoms with E-state index < -0.39 is 23.4 Å². The van der Waals surface area contributed by atoms with Gasteiger partial charge in [0, 0.05) is 11.6 Å². The minimum absolute atomic E-state index is 0.0229. The molecule has 1 aromatic carbocycles. The summed E-state index contributed by atoms with van der Waals surface area (Å²) in [5.41, 5.74) is 5.38. The average molecular weight is 185 g/mol. The summed E-state index contributed by atoms with van der Waals surface area (Å²) in [7, 11) is 0. The fourth-order valence-electron chi connectivity index (χ4n) is 0.934. The molecule has 0 aliphatic rings. The molecular weight excluding hydrogens is 176 g/mol. The number of halogens is 2. The van der Waals surface area contributed by atoms with Gasteiger partial charge in [-0.3, -0.25) is 0 Å². The van der Waals surface area contributed by atoms with Gasteiger partial charge in [0.05, 0.1) is 6.04 Å². The molecule has 0 fully saturated rings. The van der Waals surface area contributed by atoms with E-state index in [2.05, 4.69) is 6.58 Å². The highest BCUT2D eigenvalue weighted by Crippen LogP contribution is 2.23. The van der Waals surface area contributed by atoms with Crippen molar-refractivity contribution in [3.63, 3.8) is 0 Å². The second-order valence-electron chi connectivity index (χ2n) is 2.59. The molecule has 1 rings (SSSR count). The van der Waals surface area contributed by atoms with Crippen LogP contribution in [-0.4, -0.2) is 5.11 Å². The maximum Gasteiger partial charge on any atom is 0.165 e. The van der Waals surface area contributed by atoms with Gasteiger partial charge in [0.25, 0.3) is 0 Å². The van der Waals surface area contributed by atoms with Crippen molar-refractivity contribution in [2.45, 2.75) is 6.04 Å². The van der Waals surface area contributed by atoms with Crippen LogP contribution in [0.5, 0.6) is 5.75 Å². The van der Waals surface area contributed by atoms with Crippen molar-refractivity contribution in [2.75, 3.05) is 0 Å². The maximum atomic E-state index is 13.0. The summed E-state index contributed by atoms with van der Waals surface area (Å²) < 4.78 is 25.8. The predicted molar refractivity (Wildman–Crippen MR) is 45.1 cm³/mol. The standard InChI is InChI=1S/C9H9F2NO/c1-2-8(12)5-3-7(11)9(13)4-6(5)10/h2-4,8,13H,1,12H2/t8-/m1/s1. The normalized spacial score (nSPS) is 12.5. The van der Waals surface area contributed by atoms with E-state index in [1.54, 1.807) is 0 Å². The van der Waals surface area contributed by atoms with Gasteiger partial charge in [-0.05, 0) is 6.07 Å². The molecule has 0 saturated carbocycles. The molecule has 13 heavy (non-hydrogen) atoms. The third kappa shape index (κ3) is 1.84. The molecule has 1 aromatic rings. The maximum absolute atomic E-state index is 13.0. The highest BCUT2D eigenvalue weighted by molar-refractivity contribution is 5.32. The molecule has 0 aromatic heterocycles. The minimum atomic E-state index is -0.895. The van der Waals surface area contributed by atoms with Gasteiger partial charge in [0.2, 0.25) is 0 Å². The van der Waals surface area contributed by atoms with Gasteiger partial charge >= 0.3 is 0 Å². The smallest absolute Gasteiger partial charge is 0.165 e. The van der Waals surface area contributed by atoms with Crippen LogP contribution in [0.4, 0.5) is 8.78 Å². The van der Waals surface area contributed by atoms with Crippen LogP contribution in [0.15, 0.2) is 24.8 Å². The topological polar surface area (TPSA) is 46.2 Å². The van der Waals surface area contributed by atoms with Gasteiger partial charge in [0.15, 0.2) is 11.6 Å². The van der Waals surface area contributed by atoms with E-state index in [4.69, 9.17) is 10.8 Å². The quantitative estimate of drug-likeness (QED) is 0.691. The Hall–Kier alpha value is -1.42. The molecule has 0 amide bonds. The Morgan fingerprint density at radius 3 is 2.54 bits per heavy atom. The highest BCUT2D eigenvalue weighted by atomic mass is 19.1. The third-order valence-corrected chi connectivity index (χ3v) is 1.68. The molecule has 0 unspecified atom stereocenters. The van der Waals surface area contributed by atoms with Crippen LogP contribution < -0.4 is 5.73 Å². The lowest BCUT2D eigenvalue weighted by Crippen LogP contribution is -2.09. The van der Waals surface area contributed by atoms with Crippen molar-refractivity contribution in [2.24, 2.45) is 5.73 Å². The van der Waals surface area contributed by atoms with Gasteiger partial charge in [0.1, 0.15) is 5.82 Å². The number of hydrogen-bond donors (Lipinski definition) is 2. The zero-order valence-corrected chi connectivity index (χ0v) is 6.80. The molecule has 0 heterocycles. The molecule has 0 bridgehead atoms. The van der Waals surface area contributed by atoms with Crippen molar-refractivity contribution < 1.29 is 13.9 Å². The van der Waals surface area contributed by atoms with Crippen molar-refractivity contribution >= 4 is 0 Å². The molecule has 1 atom stereocenters. The summed E-state index contributed by atoms with van der Waals surface area (Å²) in [4.78, 5) is 0. The Labute approximate surface area is 74.3 Å². The number of benzene rings is 1. The number of phenols is 1. The van der Waals surface area contributed by atoms with E-state index in [-0.39, 0.29) is 5.56 Å². The van der Waals surface area contributed by atoms with Crippen LogP contribution in [0.1, 0.15) is 11.6 Å². The fraction of sp³-hybridized carbons (Fsp3) is 0.111. The molecule has 0 saturated heterocycles. The lowest BCUT2D eigenvalue weighted by molar-refractivity contribution is 0.424. The lowest BCUT2D eigenvalue weighted by Gasteiger charge is -2.08. The molecule has 0 spiro atoms.